The van der Waals surface area contributed by atoms with Gasteiger partial charge in [0.1, 0.15) is 16.9 Å². The number of pyridine rings is 1. The van der Waals surface area contributed by atoms with Crippen molar-refractivity contribution in [2.75, 3.05) is 5.73 Å². The molecule has 3 aromatic rings. The van der Waals surface area contributed by atoms with Gasteiger partial charge in [0.15, 0.2) is 0 Å². The second-order valence-electron chi connectivity index (χ2n) is 6.93. The van der Waals surface area contributed by atoms with Gasteiger partial charge < -0.3 is 10.3 Å². The van der Waals surface area contributed by atoms with Crippen molar-refractivity contribution in [3.8, 4) is 22.4 Å². The van der Waals surface area contributed by atoms with Crippen molar-refractivity contribution in [2.45, 2.75) is 42.4 Å². The van der Waals surface area contributed by atoms with Gasteiger partial charge in [0, 0.05) is 22.9 Å². The number of nitrogens with two attached hydrogens (primary N) is 1. The molecule has 0 saturated heterocycles. The van der Waals surface area contributed by atoms with E-state index in [1.165, 1.54) is 24.9 Å². The zero-order valence-corrected chi connectivity index (χ0v) is 16.2. The van der Waals surface area contributed by atoms with Gasteiger partial charge >= 0.3 is 0 Å². The number of benzene rings is 1. The highest BCUT2D eigenvalue weighted by atomic mass is 32.2. The lowest BCUT2D eigenvalue weighted by molar-refractivity contribution is 0.482. The highest BCUT2D eigenvalue weighted by Gasteiger charge is 2.30. The van der Waals surface area contributed by atoms with E-state index in [0.29, 0.717) is 27.4 Å². The first-order chi connectivity index (χ1) is 13.6. The van der Waals surface area contributed by atoms with Crippen molar-refractivity contribution in [2.24, 2.45) is 0 Å². The van der Waals surface area contributed by atoms with Crippen molar-refractivity contribution in [3.05, 3.63) is 54.7 Å². The highest BCUT2D eigenvalue weighted by molar-refractivity contribution is 7.92. The number of hydrogen-bond donors (Lipinski definition) is 1. The van der Waals surface area contributed by atoms with E-state index in [-0.39, 0.29) is 11.1 Å². The Morgan fingerprint density at radius 3 is 2.54 bits per heavy atom. The summed E-state index contributed by atoms with van der Waals surface area (Å²) in [5.74, 6) is -0.138. The molecule has 1 aliphatic carbocycles. The van der Waals surface area contributed by atoms with Gasteiger partial charge in [-0.1, -0.05) is 12.5 Å². The molecule has 0 aliphatic heterocycles. The number of halogens is 1. The molecule has 5 nitrogen and oxygen atoms in total. The third-order valence-corrected chi connectivity index (χ3v) is 6.83. The zero-order chi connectivity index (χ0) is 19.5. The van der Waals surface area contributed by atoms with Gasteiger partial charge in [-0.15, -0.1) is 0 Å². The van der Waals surface area contributed by atoms with Crippen molar-refractivity contribution >= 4 is 17.0 Å². The molecular formula is C21H21FN4OS. The number of hydrogen-bond acceptors (Lipinski definition) is 5. The minimum atomic E-state index is -1.20. The van der Waals surface area contributed by atoms with Gasteiger partial charge in [0.05, 0.1) is 23.7 Å². The standard InChI is InChI=1S/C21H21FN4OS/c22-18-11-14(8-9-17(18)19-12-26-20(23)13-25-19)16-7-4-10-24-21(16)28(27)15-5-2-1-3-6-15/h4,7-13,15H,1-3,5-6H2,(H2,23,26). The van der Waals surface area contributed by atoms with Gasteiger partial charge in [-0.2, -0.15) is 0 Å². The topological polar surface area (TPSA) is 87.8 Å². The molecule has 1 aliphatic rings. The molecular weight excluding hydrogens is 375 g/mol. The summed E-state index contributed by atoms with van der Waals surface area (Å²) >= 11 is -1.20. The Bertz CT molecular complexity index is 961. The maximum Gasteiger partial charge on any atom is 0.252 e. The maximum absolute atomic E-state index is 14.8. The molecule has 1 atom stereocenters. The summed E-state index contributed by atoms with van der Waals surface area (Å²) in [4.78, 5) is 12.5. The SMILES string of the molecule is Nc1cnc(-c2ccc(-c3cccnc3[S+]([O-])C3CCCCC3)cc2F)cn1. The van der Waals surface area contributed by atoms with Gasteiger partial charge in [-0.3, -0.25) is 4.98 Å². The molecule has 0 spiro atoms. The molecule has 1 saturated carbocycles. The summed E-state index contributed by atoms with van der Waals surface area (Å²) in [5, 5.41) is 0.658. The van der Waals surface area contributed by atoms with E-state index in [0.717, 1.165) is 25.7 Å². The van der Waals surface area contributed by atoms with Gasteiger partial charge in [0.2, 0.25) is 0 Å². The second-order valence-corrected chi connectivity index (χ2v) is 8.58. The Balaban J connectivity index is 1.68. The Kier molecular flexibility index (Phi) is 5.54. The Morgan fingerprint density at radius 2 is 1.82 bits per heavy atom. The molecule has 1 aromatic carbocycles. The molecule has 7 heteroatoms. The molecule has 1 fully saturated rings. The fourth-order valence-electron chi connectivity index (χ4n) is 3.58. The summed E-state index contributed by atoms with van der Waals surface area (Å²) in [6.07, 6.45) is 9.79. The van der Waals surface area contributed by atoms with Crippen LogP contribution in [0.1, 0.15) is 32.1 Å². The van der Waals surface area contributed by atoms with Crippen LogP contribution < -0.4 is 5.73 Å². The van der Waals surface area contributed by atoms with Crippen LogP contribution in [0.4, 0.5) is 10.2 Å². The maximum atomic E-state index is 14.8. The van der Waals surface area contributed by atoms with Crippen molar-refractivity contribution in [1.29, 1.82) is 0 Å². The molecule has 0 radical (unpaired) electrons. The first kappa shape index (κ1) is 18.8. The lowest BCUT2D eigenvalue weighted by atomic mass is 10.0. The molecule has 1 unspecified atom stereocenters. The minimum Gasteiger partial charge on any atom is -0.610 e. The highest BCUT2D eigenvalue weighted by Crippen LogP contribution is 2.34. The van der Waals surface area contributed by atoms with Gasteiger partial charge in [0.25, 0.3) is 5.03 Å². The smallest absolute Gasteiger partial charge is 0.252 e. The average Bonchev–Trinajstić information content (AvgIpc) is 2.74. The molecule has 2 heterocycles. The number of nitrogen functional groups attached to an aromatic ring is 1. The van der Waals surface area contributed by atoms with Crippen LogP contribution >= 0.6 is 0 Å². The largest absolute Gasteiger partial charge is 0.610 e. The first-order valence-corrected chi connectivity index (χ1v) is 10.6. The van der Waals surface area contributed by atoms with Crippen LogP contribution in [0.3, 0.4) is 0 Å². The monoisotopic (exact) mass is 396 g/mol. The molecule has 144 valence electrons. The minimum absolute atomic E-state index is 0.122. The average molecular weight is 396 g/mol. The molecule has 0 bridgehead atoms. The fraction of sp³-hybridized carbons (Fsp3) is 0.286. The number of anilines is 1. The fourth-order valence-corrected chi connectivity index (χ4v) is 5.22. The predicted octanol–water partition coefficient (Wildman–Crippen LogP) is 4.37. The summed E-state index contributed by atoms with van der Waals surface area (Å²) in [6, 6.07) is 8.53. The summed E-state index contributed by atoms with van der Waals surface area (Å²) in [6.45, 7) is 0. The number of rotatable bonds is 4. The number of aromatic nitrogens is 3. The van der Waals surface area contributed by atoms with Crippen LogP contribution in [0, 0.1) is 5.82 Å². The van der Waals surface area contributed by atoms with Crippen LogP contribution in [0.2, 0.25) is 0 Å². The molecule has 28 heavy (non-hydrogen) atoms. The Morgan fingerprint density at radius 1 is 1.00 bits per heavy atom. The van der Waals surface area contributed by atoms with Crippen molar-refractivity contribution < 1.29 is 8.94 Å². The van der Waals surface area contributed by atoms with Crippen LogP contribution in [0.25, 0.3) is 22.4 Å². The quantitative estimate of drug-likeness (QED) is 0.662. The summed E-state index contributed by atoms with van der Waals surface area (Å²) in [5.41, 5.74) is 7.66. The normalized spacial score (nSPS) is 16.1. The first-order valence-electron chi connectivity index (χ1n) is 9.37. The molecule has 2 aromatic heterocycles. The molecule has 2 N–H and O–H groups in total. The van der Waals surface area contributed by atoms with Crippen LogP contribution in [0.15, 0.2) is 53.9 Å². The second kappa shape index (κ2) is 8.24. The zero-order valence-electron chi connectivity index (χ0n) is 15.3. The predicted molar refractivity (Wildman–Crippen MR) is 108 cm³/mol. The van der Waals surface area contributed by atoms with Crippen LogP contribution in [0.5, 0.6) is 0 Å². The third-order valence-electron chi connectivity index (χ3n) is 5.04. The van der Waals surface area contributed by atoms with E-state index in [2.05, 4.69) is 15.0 Å². The van der Waals surface area contributed by atoms with E-state index in [9.17, 15) is 8.94 Å². The Hall–Kier alpha value is -2.51. The van der Waals surface area contributed by atoms with E-state index >= 15 is 0 Å². The van der Waals surface area contributed by atoms with Crippen LogP contribution in [-0.4, -0.2) is 24.8 Å². The number of nitrogens with zero attached hydrogens (tertiary/aromatic N) is 3. The van der Waals surface area contributed by atoms with Crippen LogP contribution in [-0.2, 0) is 11.2 Å². The van der Waals surface area contributed by atoms with Gasteiger partial charge in [-0.25, -0.2) is 14.4 Å². The molecule has 0 amide bonds. The lowest BCUT2D eigenvalue weighted by Gasteiger charge is -2.25. The van der Waals surface area contributed by atoms with Gasteiger partial charge in [-0.05, 0) is 55.5 Å². The van der Waals surface area contributed by atoms with E-state index in [4.69, 9.17) is 5.73 Å². The van der Waals surface area contributed by atoms with Crippen molar-refractivity contribution in [3.63, 3.8) is 0 Å². The van der Waals surface area contributed by atoms with E-state index in [1.807, 2.05) is 6.07 Å². The summed E-state index contributed by atoms with van der Waals surface area (Å²) < 4.78 is 27.9. The van der Waals surface area contributed by atoms with Crippen molar-refractivity contribution in [1.82, 2.24) is 15.0 Å². The molecule has 4 rings (SSSR count). The van der Waals surface area contributed by atoms with E-state index in [1.54, 1.807) is 24.4 Å². The third kappa shape index (κ3) is 3.86. The lowest BCUT2D eigenvalue weighted by Crippen LogP contribution is -2.25. The summed E-state index contributed by atoms with van der Waals surface area (Å²) in [7, 11) is 0. The Labute approximate surface area is 166 Å². The van der Waals surface area contributed by atoms with E-state index < -0.39 is 17.0 Å².